The van der Waals surface area contributed by atoms with E-state index in [9.17, 15) is 18.7 Å². The van der Waals surface area contributed by atoms with E-state index < -0.39 is 24.4 Å². The Hall–Kier alpha value is -1.49. The predicted molar refractivity (Wildman–Crippen MR) is 51.7 cm³/mol. The molecule has 1 aromatic carbocycles. The number of aryl methyl sites for hydroxylation is 1. The number of hydrogen-bond acceptors (Lipinski definition) is 3. The van der Waals surface area contributed by atoms with Gasteiger partial charge in [-0.25, -0.2) is 8.78 Å². The zero-order chi connectivity index (χ0) is 11.9. The molecule has 0 radical (unpaired) electrons. The van der Waals surface area contributed by atoms with E-state index in [1.165, 1.54) is 6.07 Å². The summed E-state index contributed by atoms with van der Waals surface area (Å²) in [5.41, 5.74) is 1.07. The SMILES string of the molecule is Cc1ccc2c(c1)C(=O)C[C@](O)(C(F)F)O2. The topological polar surface area (TPSA) is 46.5 Å². The largest absolute Gasteiger partial charge is 0.455 e. The first-order chi connectivity index (χ1) is 7.42. The van der Waals surface area contributed by atoms with Crippen molar-refractivity contribution in [3.63, 3.8) is 0 Å². The van der Waals surface area contributed by atoms with E-state index in [1.54, 1.807) is 19.1 Å². The number of carbonyl (C=O) groups excluding carboxylic acids is 1. The lowest BCUT2D eigenvalue weighted by Gasteiger charge is -2.32. The molecule has 1 atom stereocenters. The smallest absolute Gasteiger partial charge is 0.302 e. The van der Waals surface area contributed by atoms with Crippen LogP contribution in [0.3, 0.4) is 0 Å². The van der Waals surface area contributed by atoms with Crippen LogP contribution in [0.15, 0.2) is 18.2 Å². The van der Waals surface area contributed by atoms with E-state index in [-0.39, 0.29) is 11.3 Å². The van der Waals surface area contributed by atoms with Crippen molar-refractivity contribution in [1.29, 1.82) is 0 Å². The minimum absolute atomic E-state index is 0.00431. The first-order valence-electron chi connectivity index (χ1n) is 4.76. The fraction of sp³-hybridized carbons (Fsp3) is 0.364. The number of hydrogen-bond donors (Lipinski definition) is 1. The average molecular weight is 228 g/mol. The van der Waals surface area contributed by atoms with Crippen molar-refractivity contribution in [3.05, 3.63) is 29.3 Å². The molecule has 0 amide bonds. The zero-order valence-electron chi connectivity index (χ0n) is 8.54. The number of Topliss-reactive ketones (excluding diaryl/α,β-unsaturated/α-hetero) is 1. The van der Waals surface area contributed by atoms with E-state index in [1.807, 2.05) is 0 Å². The average Bonchev–Trinajstić information content (AvgIpc) is 2.19. The first kappa shape index (κ1) is 11.0. The fourth-order valence-electron chi connectivity index (χ4n) is 1.62. The maximum absolute atomic E-state index is 12.5. The van der Waals surface area contributed by atoms with Crippen LogP contribution >= 0.6 is 0 Å². The van der Waals surface area contributed by atoms with E-state index >= 15 is 0 Å². The number of aliphatic hydroxyl groups is 1. The lowest BCUT2D eigenvalue weighted by Crippen LogP contribution is -2.48. The molecule has 0 spiro atoms. The Bertz CT molecular complexity index is 445. The molecule has 86 valence electrons. The van der Waals surface area contributed by atoms with Gasteiger partial charge in [-0.05, 0) is 19.1 Å². The van der Waals surface area contributed by atoms with Gasteiger partial charge in [-0.2, -0.15) is 0 Å². The molecule has 5 heteroatoms. The standard InChI is InChI=1S/C11H10F2O3/c1-6-2-3-9-7(4-6)8(14)5-11(15,16-9)10(12)13/h2-4,10,15H,5H2,1H3/t11-/m1/s1. The third-order valence-electron chi connectivity index (χ3n) is 2.48. The molecule has 0 saturated carbocycles. The second-order valence-electron chi connectivity index (χ2n) is 3.85. The molecule has 1 heterocycles. The van der Waals surface area contributed by atoms with Gasteiger partial charge in [-0.1, -0.05) is 11.6 Å². The molecule has 0 fully saturated rings. The highest BCUT2D eigenvalue weighted by Crippen LogP contribution is 2.35. The third-order valence-corrected chi connectivity index (χ3v) is 2.48. The quantitative estimate of drug-likeness (QED) is 0.798. The Kier molecular flexibility index (Phi) is 2.42. The molecule has 2 rings (SSSR count). The van der Waals surface area contributed by atoms with Gasteiger partial charge in [0.25, 0.3) is 5.79 Å². The minimum Gasteiger partial charge on any atom is -0.455 e. The molecule has 0 saturated heterocycles. The highest BCUT2D eigenvalue weighted by molar-refractivity contribution is 6.00. The van der Waals surface area contributed by atoms with Crippen molar-refractivity contribution in [3.8, 4) is 5.75 Å². The van der Waals surface area contributed by atoms with Gasteiger partial charge in [0.2, 0.25) is 0 Å². The van der Waals surface area contributed by atoms with E-state index in [2.05, 4.69) is 0 Å². The van der Waals surface area contributed by atoms with Gasteiger partial charge in [0, 0.05) is 0 Å². The number of halogens is 2. The van der Waals surface area contributed by atoms with Crippen molar-refractivity contribution in [2.75, 3.05) is 0 Å². The van der Waals surface area contributed by atoms with Crippen molar-refractivity contribution in [2.45, 2.75) is 25.6 Å². The number of benzene rings is 1. The molecule has 3 nitrogen and oxygen atoms in total. The van der Waals surface area contributed by atoms with E-state index in [0.717, 1.165) is 5.56 Å². The van der Waals surface area contributed by atoms with Crippen LogP contribution in [-0.2, 0) is 0 Å². The summed E-state index contributed by atoms with van der Waals surface area (Å²) >= 11 is 0. The lowest BCUT2D eigenvalue weighted by atomic mass is 9.97. The van der Waals surface area contributed by atoms with Gasteiger partial charge < -0.3 is 9.84 Å². The van der Waals surface area contributed by atoms with Crippen LogP contribution in [0.5, 0.6) is 5.75 Å². The molecule has 1 aliphatic heterocycles. The summed E-state index contributed by atoms with van der Waals surface area (Å²) in [4.78, 5) is 11.6. The summed E-state index contributed by atoms with van der Waals surface area (Å²) < 4.78 is 29.8. The van der Waals surface area contributed by atoms with E-state index in [4.69, 9.17) is 4.74 Å². The molecule has 0 aliphatic carbocycles. The Morgan fingerprint density at radius 1 is 1.50 bits per heavy atom. The predicted octanol–water partition coefficient (Wildman–Crippen LogP) is 1.91. The summed E-state index contributed by atoms with van der Waals surface area (Å²) in [6.07, 6.45) is -3.84. The van der Waals surface area contributed by atoms with Gasteiger partial charge in [-0.3, -0.25) is 4.79 Å². The number of rotatable bonds is 1. The zero-order valence-corrected chi connectivity index (χ0v) is 8.54. The van der Waals surface area contributed by atoms with Crippen molar-refractivity contribution in [2.24, 2.45) is 0 Å². The number of ether oxygens (including phenoxy) is 1. The molecular formula is C11H10F2O3. The Balaban J connectivity index is 2.45. The number of alkyl halides is 2. The summed E-state index contributed by atoms with van der Waals surface area (Å²) in [5, 5.41) is 9.44. The normalized spacial score (nSPS) is 24.2. The fourth-order valence-corrected chi connectivity index (χ4v) is 1.62. The van der Waals surface area contributed by atoms with Crippen LogP contribution in [0.25, 0.3) is 0 Å². The van der Waals surface area contributed by atoms with Gasteiger partial charge in [0.05, 0.1) is 12.0 Å². The van der Waals surface area contributed by atoms with Gasteiger partial charge in [0.15, 0.2) is 5.78 Å². The monoisotopic (exact) mass is 228 g/mol. The molecule has 1 aromatic rings. The number of ketones is 1. The maximum Gasteiger partial charge on any atom is 0.302 e. The highest BCUT2D eigenvalue weighted by atomic mass is 19.3. The summed E-state index contributed by atoms with van der Waals surface area (Å²) in [7, 11) is 0. The molecule has 1 N–H and O–H groups in total. The van der Waals surface area contributed by atoms with Crippen LogP contribution in [0.4, 0.5) is 8.78 Å². The molecule has 1 aliphatic rings. The van der Waals surface area contributed by atoms with Crippen molar-refractivity contribution in [1.82, 2.24) is 0 Å². The molecular weight excluding hydrogens is 218 g/mol. The summed E-state index contributed by atoms with van der Waals surface area (Å²) in [6.45, 7) is 1.78. The molecule has 0 bridgehead atoms. The number of fused-ring (bicyclic) bond motifs is 1. The highest BCUT2D eigenvalue weighted by Gasteiger charge is 2.46. The van der Waals surface area contributed by atoms with Crippen molar-refractivity contribution < 1.29 is 23.4 Å². The van der Waals surface area contributed by atoms with Gasteiger partial charge >= 0.3 is 6.43 Å². The van der Waals surface area contributed by atoms with Crippen LogP contribution in [0, 0.1) is 6.92 Å². The second-order valence-corrected chi connectivity index (χ2v) is 3.85. The second kappa shape index (κ2) is 3.52. The third kappa shape index (κ3) is 1.67. The van der Waals surface area contributed by atoms with Crippen molar-refractivity contribution >= 4 is 5.78 Å². The van der Waals surface area contributed by atoms with E-state index in [0.29, 0.717) is 0 Å². The Morgan fingerprint density at radius 2 is 2.19 bits per heavy atom. The summed E-state index contributed by atoms with van der Waals surface area (Å²) in [6, 6.07) is 4.60. The van der Waals surface area contributed by atoms with Crippen LogP contribution in [0.2, 0.25) is 0 Å². The number of carbonyl (C=O) groups is 1. The molecule has 0 unspecified atom stereocenters. The maximum atomic E-state index is 12.5. The molecule has 16 heavy (non-hydrogen) atoms. The Labute approximate surface area is 90.7 Å². The van der Waals surface area contributed by atoms with Crippen LogP contribution < -0.4 is 4.74 Å². The minimum atomic E-state index is -3.12. The van der Waals surface area contributed by atoms with Gasteiger partial charge in [-0.15, -0.1) is 0 Å². The van der Waals surface area contributed by atoms with Crippen LogP contribution in [-0.4, -0.2) is 23.1 Å². The molecule has 0 aromatic heterocycles. The van der Waals surface area contributed by atoms with Gasteiger partial charge in [0.1, 0.15) is 5.75 Å². The Morgan fingerprint density at radius 3 is 2.81 bits per heavy atom. The van der Waals surface area contributed by atoms with Crippen LogP contribution in [0.1, 0.15) is 22.3 Å². The lowest BCUT2D eigenvalue weighted by molar-refractivity contribution is -0.220. The summed E-state index contributed by atoms with van der Waals surface area (Å²) in [5.74, 6) is -3.23. The first-order valence-corrected chi connectivity index (χ1v) is 4.76.